The van der Waals surface area contributed by atoms with E-state index >= 15 is 0 Å². The number of halogens is 3. The van der Waals surface area contributed by atoms with Gasteiger partial charge in [0.2, 0.25) is 5.91 Å². The Kier molecular flexibility index (Phi) is 5.51. The summed E-state index contributed by atoms with van der Waals surface area (Å²) in [7, 11) is 0. The van der Waals surface area contributed by atoms with Crippen LogP contribution in [0.25, 0.3) is 0 Å². The lowest BCUT2D eigenvalue weighted by Crippen LogP contribution is -2.34. The molecule has 0 radical (unpaired) electrons. The first-order chi connectivity index (χ1) is 8.77. The van der Waals surface area contributed by atoms with Gasteiger partial charge in [-0.1, -0.05) is 6.92 Å². The lowest BCUT2D eigenvalue weighted by Gasteiger charge is -2.18. The average molecular weight is 299 g/mol. The second kappa shape index (κ2) is 6.49. The first kappa shape index (κ1) is 16.1. The number of nitrogens with zero attached hydrogens (tertiary/aromatic N) is 1. The minimum atomic E-state index is -4.59. The monoisotopic (exact) mass is 299 g/mol. The van der Waals surface area contributed by atoms with Crippen molar-refractivity contribution >= 4 is 23.6 Å². The summed E-state index contributed by atoms with van der Waals surface area (Å²) < 4.78 is 38.1. The highest BCUT2D eigenvalue weighted by atomic mass is 32.2. The normalized spacial score (nSPS) is 23.7. The molecule has 0 saturated carbocycles. The lowest BCUT2D eigenvalue weighted by molar-refractivity contribution is -0.188. The maximum absolute atomic E-state index is 12.7. The predicted molar refractivity (Wildman–Crippen MR) is 64.9 cm³/mol. The van der Waals surface area contributed by atoms with Crippen LogP contribution in [-0.2, 0) is 9.59 Å². The standard InChI is InChI=1S/C11H16F3NO3S/c1-2-3-19-6-9(16)15-4-7(10(17)18)8(5-15)11(12,13)14/h7-8H,2-6H2,1H3,(H,17,18)/t7-,8-/m1/s1. The molecule has 1 fully saturated rings. The van der Waals surface area contributed by atoms with Crippen molar-refractivity contribution in [1.29, 1.82) is 0 Å². The Labute approximate surface area is 113 Å². The SMILES string of the molecule is CCCSCC(=O)N1C[C@@H](C(F)(F)F)[C@H](C(=O)O)C1. The smallest absolute Gasteiger partial charge is 0.394 e. The number of carboxylic acid groups (broad SMARTS) is 1. The predicted octanol–water partition coefficient (Wildman–Crippen LogP) is 1.85. The summed E-state index contributed by atoms with van der Waals surface area (Å²) in [5.74, 6) is -4.59. The van der Waals surface area contributed by atoms with Crippen LogP contribution in [0.2, 0.25) is 0 Å². The molecule has 2 atom stereocenters. The number of carboxylic acids is 1. The second-order valence-corrected chi connectivity index (χ2v) is 5.55. The highest BCUT2D eigenvalue weighted by Crippen LogP contribution is 2.37. The third-order valence-corrected chi connectivity index (χ3v) is 4.13. The Morgan fingerprint density at radius 2 is 2.00 bits per heavy atom. The van der Waals surface area contributed by atoms with Gasteiger partial charge in [-0.3, -0.25) is 9.59 Å². The molecule has 1 aliphatic rings. The number of carbonyl (C=O) groups excluding carboxylic acids is 1. The van der Waals surface area contributed by atoms with Crippen molar-refractivity contribution in [3.05, 3.63) is 0 Å². The van der Waals surface area contributed by atoms with Gasteiger partial charge < -0.3 is 10.0 Å². The maximum atomic E-state index is 12.7. The molecule has 0 unspecified atom stereocenters. The summed E-state index contributed by atoms with van der Waals surface area (Å²) in [6, 6.07) is 0. The zero-order valence-electron chi connectivity index (χ0n) is 10.4. The van der Waals surface area contributed by atoms with E-state index in [1.54, 1.807) is 0 Å². The third kappa shape index (κ3) is 4.29. The van der Waals surface area contributed by atoms with Crippen LogP contribution >= 0.6 is 11.8 Å². The Bertz CT molecular complexity index is 349. The number of aliphatic carboxylic acids is 1. The Morgan fingerprint density at radius 3 is 2.42 bits per heavy atom. The summed E-state index contributed by atoms with van der Waals surface area (Å²) in [5.41, 5.74) is 0. The number of carbonyl (C=O) groups is 2. The van der Waals surface area contributed by atoms with E-state index in [1.807, 2.05) is 6.92 Å². The minimum Gasteiger partial charge on any atom is -0.481 e. The number of likely N-dealkylation sites (tertiary alicyclic amines) is 1. The van der Waals surface area contributed by atoms with Gasteiger partial charge in [-0.05, 0) is 12.2 Å². The molecule has 1 rings (SSSR count). The zero-order chi connectivity index (χ0) is 14.6. The summed E-state index contributed by atoms with van der Waals surface area (Å²) >= 11 is 1.35. The summed E-state index contributed by atoms with van der Waals surface area (Å²) in [5, 5.41) is 8.82. The first-order valence-corrected chi connectivity index (χ1v) is 7.07. The van der Waals surface area contributed by atoms with Crippen molar-refractivity contribution < 1.29 is 27.9 Å². The van der Waals surface area contributed by atoms with Crippen LogP contribution in [0.4, 0.5) is 13.2 Å². The molecule has 1 N–H and O–H groups in total. The third-order valence-electron chi connectivity index (χ3n) is 2.98. The molecule has 1 amide bonds. The minimum absolute atomic E-state index is 0.102. The van der Waals surface area contributed by atoms with Crippen LogP contribution < -0.4 is 0 Å². The van der Waals surface area contributed by atoms with Crippen molar-refractivity contribution in [3.8, 4) is 0 Å². The molecule has 0 spiro atoms. The fourth-order valence-corrected chi connectivity index (χ4v) is 2.77. The van der Waals surface area contributed by atoms with Gasteiger partial charge >= 0.3 is 12.1 Å². The molecule has 1 aliphatic heterocycles. The van der Waals surface area contributed by atoms with Gasteiger partial charge in [-0.15, -0.1) is 0 Å². The highest BCUT2D eigenvalue weighted by molar-refractivity contribution is 7.99. The summed E-state index contributed by atoms with van der Waals surface area (Å²) in [6.45, 7) is 1.03. The highest BCUT2D eigenvalue weighted by Gasteiger charge is 2.53. The Hall–Kier alpha value is -0.920. The average Bonchev–Trinajstić information content (AvgIpc) is 2.73. The van der Waals surface area contributed by atoms with E-state index in [2.05, 4.69) is 0 Å². The molecule has 0 aliphatic carbocycles. The molecule has 4 nitrogen and oxygen atoms in total. The van der Waals surface area contributed by atoms with Crippen LogP contribution in [0.1, 0.15) is 13.3 Å². The van der Waals surface area contributed by atoms with E-state index in [9.17, 15) is 22.8 Å². The van der Waals surface area contributed by atoms with Gasteiger partial charge in [0.05, 0.1) is 17.6 Å². The van der Waals surface area contributed by atoms with Crippen LogP contribution in [0, 0.1) is 11.8 Å². The van der Waals surface area contributed by atoms with Gasteiger partial charge in [-0.25, -0.2) is 0 Å². The van der Waals surface area contributed by atoms with Gasteiger partial charge in [0.1, 0.15) is 0 Å². The summed E-state index contributed by atoms with van der Waals surface area (Å²) in [4.78, 5) is 23.6. The van der Waals surface area contributed by atoms with Crippen molar-refractivity contribution in [2.24, 2.45) is 11.8 Å². The first-order valence-electron chi connectivity index (χ1n) is 5.92. The van der Waals surface area contributed by atoms with E-state index in [0.29, 0.717) is 0 Å². The molecule has 1 heterocycles. The van der Waals surface area contributed by atoms with E-state index in [1.165, 1.54) is 11.8 Å². The van der Waals surface area contributed by atoms with Crippen LogP contribution in [0.3, 0.4) is 0 Å². The number of hydrogen-bond acceptors (Lipinski definition) is 3. The van der Waals surface area contributed by atoms with Crippen LogP contribution in [-0.4, -0.2) is 52.7 Å². The molecule has 0 aromatic heterocycles. The topological polar surface area (TPSA) is 57.6 Å². The van der Waals surface area contributed by atoms with Crippen molar-refractivity contribution in [1.82, 2.24) is 4.90 Å². The van der Waals surface area contributed by atoms with Crippen molar-refractivity contribution in [3.63, 3.8) is 0 Å². The quantitative estimate of drug-likeness (QED) is 0.787. The number of alkyl halides is 3. The van der Waals surface area contributed by atoms with Crippen molar-refractivity contribution in [2.45, 2.75) is 19.5 Å². The number of thioether (sulfide) groups is 1. The van der Waals surface area contributed by atoms with Gasteiger partial charge in [-0.2, -0.15) is 24.9 Å². The second-order valence-electron chi connectivity index (χ2n) is 4.44. The molecular formula is C11H16F3NO3S. The molecule has 8 heteroatoms. The fourth-order valence-electron chi connectivity index (χ4n) is 1.98. The van der Waals surface area contributed by atoms with Gasteiger partial charge in [0.25, 0.3) is 0 Å². The number of amides is 1. The van der Waals surface area contributed by atoms with E-state index in [-0.39, 0.29) is 12.3 Å². The fraction of sp³-hybridized carbons (Fsp3) is 0.818. The summed E-state index contributed by atoms with van der Waals surface area (Å²) in [6.07, 6.45) is -3.71. The molecule has 110 valence electrons. The largest absolute Gasteiger partial charge is 0.481 e. The van der Waals surface area contributed by atoms with E-state index in [0.717, 1.165) is 17.1 Å². The Balaban J connectivity index is 2.65. The van der Waals surface area contributed by atoms with Gasteiger partial charge in [0, 0.05) is 13.1 Å². The van der Waals surface area contributed by atoms with E-state index < -0.39 is 36.4 Å². The lowest BCUT2D eigenvalue weighted by atomic mass is 9.96. The Morgan fingerprint density at radius 1 is 1.37 bits per heavy atom. The van der Waals surface area contributed by atoms with Gasteiger partial charge in [0.15, 0.2) is 0 Å². The van der Waals surface area contributed by atoms with E-state index in [4.69, 9.17) is 5.11 Å². The number of hydrogen-bond donors (Lipinski definition) is 1. The zero-order valence-corrected chi connectivity index (χ0v) is 11.3. The van der Waals surface area contributed by atoms with Crippen molar-refractivity contribution in [2.75, 3.05) is 24.6 Å². The van der Waals surface area contributed by atoms with Crippen LogP contribution in [0.15, 0.2) is 0 Å². The van der Waals surface area contributed by atoms with Crippen LogP contribution in [0.5, 0.6) is 0 Å². The maximum Gasteiger partial charge on any atom is 0.394 e. The number of rotatable bonds is 5. The molecule has 0 bridgehead atoms. The molecular weight excluding hydrogens is 283 g/mol. The molecule has 1 saturated heterocycles. The molecule has 0 aromatic rings. The molecule has 0 aromatic carbocycles. The molecule has 19 heavy (non-hydrogen) atoms.